The fourth-order valence-electron chi connectivity index (χ4n) is 0.143. The first-order valence-corrected chi connectivity index (χ1v) is 4.25. The zero-order chi connectivity index (χ0) is 7.49. The van der Waals surface area contributed by atoms with E-state index in [-0.39, 0.29) is 0 Å². The van der Waals surface area contributed by atoms with Crippen LogP contribution in [0.4, 0.5) is 0 Å². The van der Waals surface area contributed by atoms with Gasteiger partial charge in [0, 0.05) is 0 Å². The molecule has 0 fully saturated rings. The van der Waals surface area contributed by atoms with Crippen molar-refractivity contribution < 1.29 is 9.53 Å². The third-order valence-electron chi connectivity index (χ3n) is 0.422. The number of halogens is 3. The summed E-state index contributed by atoms with van der Waals surface area (Å²) in [6, 6.07) is 0. The van der Waals surface area contributed by atoms with Crippen molar-refractivity contribution in [1.82, 2.24) is 0 Å². The molecule has 0 unspecified atom stereocenters. The smallest absolute Gasteiger partial charge is 0.349 e. The molecule has 0 amide bonds. The van der Waals surface area contributed by atoms with Gasteiger partial charge in [0.2, 0.25) is 2.14 Å². The molecule has 0 aliphatic rings. The first-order valence-electron chi connectivity index (χ1n) is 1.87. The van der Waals surface area contributed by atoms with E-state index in [4.69, 9.17) is 0 Å². The summed E-state index contributed by atoms with van der Waals surface area (Å²) in [5, 5.41) is 0. The Bertz CT molecular complexity index is 126. The van der Waals surface area contributed by atoms with Gasteiger partial charge < -0.3 is 4.74 Å². The lowest BCUT2D eigenvalue weighted by atomic mass is 10.8. The van der Waals surface area contributed by atoms with Crippen LogP contribution in [0, 0.1) is 0 Å². The number of carbonyl (C=O) groups is 1. The first-order chi connectivity index (χ1) is 3.98. The normalized spacial score (nSPS) is 10.6. The predicted molar refractivity (Wildman–Crippen MR) is 45.8 cm³/mol. The van der Waals surface area contributed by atoms with Gasteiger partial charge in [0.05, 0.1) is 6.26 Å². The van der Waals surface area contributed by atoms with Crippen molar-refractivity contribution >= 4 is 53.8 Å². The minimum atomic E-state index is -0.985. The molecule has 0 bridgehead atoms. The lowest BCUT2D eigenvalue weighted by Crippen LogP contribution is -2.17. The zero-order valence-electron chi connectivity index (χ0n) is 4.23. The Balaban J connectivity index is 3.88. The number of rotatable bonds is 1. The maximum absolute atomic E-state index is 10.6. The van der Waals surface area contributed by atoms with E-state index >= 15 is 0 Å². The van der Waals surface area contributed by atoms with Gasteiger partial charge in [-0.15, -0.1) is 0 Å². The van der Waals surface area contributed by atoms with Crippen molar-refractivity contribution in [3.05, 3.63) is 12.8 Å². The van der Waals surface area contributed by atoms with Crippen LogP contribution in [-0.4, -0.2) is 8.11 Å². The average molecular weight is 323 g/mol. The average Bonchev–Trinajstić information content (AvgIpc) is 1.64. The molecule has 0 atom stereocenters. The molecule has 0 aliphatic heterocycles. The molecule has 0 aliphatic carbocycles. The molecule has 0 rings (SSSR count). The number of hydrogen-bond donors (Lipinski definition) is 0. The van der Waals surface area contributed by atoms with Crippen molar-refractivity contribution in [1.29, 1.82) is 0 Å². The standard InChI is InChI=1S/C4H3Br3O2/c1-2-9-3(8)4(5,6)7/h2H,1H2. The predicted octanol–water partition coefficient (Wildman–Crippen LogP) is 2.51. The fourth-order valence-corrected chi connectivity index (χ4v) is 0.423. The van der Waals surface area contributed by atoms with Crippen LogP contribution in [0.25, 0.3) is 0 Å². The van der Waals surface area contributed by atoms with Crippen molar-refractivity contribution in [2.45, 2.75) is 2.14 Å². The molecule has 0 heterocycles. The number of ether oxygens (including phenoxy) is 1. The van der Waals surface area contributed by atoms with Crippen molar-refractivity contribution in [3.63, 3.8) is 0 Å². The summed E-state index contributed by atoms with van der Waals surface area (Å²) in [6.07, 6.45) is 1.06. The maximum atomic E-state index is 10.6. The Morgan fingerprint density at radius 2 is 2.00 bits per heavy atom. The van der Waals surface area contributed by atoms with Crippen LogP contribution in [0.5, 0.6) is 0 Å². The summed E-state index contributed by atoms with van der Waals surface area (Å²) in [4.78, 5) is 10.6. The number of carbonyl (C=O) groups excluding carboxylic acids is 1. The second-order valence-electron chi connectivity index (χ2n) is 1.07. The van der Waals surface area contributed by atoms with Gasteiger partial charge in [-0.3, -0.25) is 0 Å². The molecule has 9 heavy (non-hydrogen) atoms. The number of esters is 1. The summed E-state index contributed by atoms with van der Waals surface area (Å²) in [5.41, 5.74) is 0. The monoisotopic (exact) mass is 320 g/mol. The molecule has 52 valence electrons. The fraction of sp³-hybridized carbons (Fsp3) is 0.250. The molecular formula is C4H3Br3O2. The Morgan fingerprint density at radius 3 is 2.11 bits per heavy atom. The number of hydrogen-bond acceptors (Lipinski definition) is 2. The Hall–Kier alpha value is 0.650. The first kappa shape index (κ1) is 9.65. The summed E-state index contributed by atoms with van der Waals surface area (Å²) >= 11 is 8.87. The van der Waals surface area contributed by atoms with E-state index in [0.29, 0.717) is 0 Å². The second-order valence-corrected chi connectivity index (χ2v) is 7.83. The largest absolute Gasteiger partial charge is 0.433 e. The van der Waals surface area contributed by atoms with Gasteiger partial charge in [-0.1, -0.05) is 6.58 Å². The van der Waals surface area contributed by atoms with Gasteiger partial charge in [0.1, 0.15) is 0 Å². The SMILES string of the molecule is C=COC(=O)C(Br)(Br)Br. The molecule has 5 heteroatoms. The van der Waals surface area contributed by atoms with E-state index in [1.54, 1.807) is 0 Å². The third-order valence-corrected chi connectivity index (χ3v) is 1.39. The topological polar surface area (TPSA) is 26.3 Å². The lowest BCUT2D eigenvalue weighted by molar-refractivity contribution is -0.135. The van der Waals surface area contributed by atoms with Crippen LogP contribution >= 0.6 is 47.8 Å². The summed E-state index contributed by atoms with van der Waals surface area (Å²) < 4.78 is 3.41. The van der Waals surface area contributed by atoms with Crippen LogP contribution in [0.2, 0.25) is 0 Å². The van der Waals surface area contributed by atoms with Gasteiger partial charge in [-0.2, -0.15) is 0 Å². The molecule has 0 aromatic heterocycles. The highest BCUT2D eigenvalue weighted by molar-refractivity contribution is 9.40. The Kier molecular flexibility index (Phi) is 4.00. The van der Waals surface area contributed by atoms with E-state index in [1.807, 2.05) is 0 Å². The summed E-state index contributed by atoms with van der Waals surface area (Å²) in [6.45, 7) is 3.21. The molecule has 0 saturated carbocycles. The highest BCUT2D eigenvalue weighted by Gasteiger charge is 2.29. The van der Waals surface area contributed by atoms with E-state index < -0.39 is 8.11 Å². The Morgan fingerprint density at radius 1 is 1.56 bits per heavy atom. The molecule has 0 N–H and O–H groups in total. The molecular weight excluding hydrogens is 320 g/mol. The molecule has 0 aromatic carbocycles. The molecule has 0 radical (unpaired) electrons. The lowest BCUT2D eigenvalue weighted by Gasteiger charge is -2.06. The maximum Gasteiger partial charge on any atom is 0.349 e. The van der Waals surface area contributed by atoms with Crippen LogP contribution in [0.3, 0.4) is 0 Å². The minimum absolute atomic E-state index is 0.502. The van der Waals surface area contributed by atoms with Crippen molar-refractivity contribution in [3.8, 4) is 0 Å². The molecule has 0 aromatic rings. The second kappa shape index (κ2) is 3.73. The van der Waals surface area contributed by atoms with Gasteiger partial charge >= 0.3 is 5.97 Å². The highest BCUT2D eigenvalue weighted by atomic mass is 80.0. The Labute approximate surface area is 78.0 Å². The van der Waals surface area contributed by atoms with Crippen LogP contribution in [0.1, 0.15) is 0 Å². The number of alkyl halides is 3. The van der Waals surface area contributed by atoms with Crippen LogP contribution in [-0.2, 0) is 9.53 Å². The van der Waals surface area contributed by atoms with Gasteiger partial charge in [-0.25, -0.2) is 4.79 Å². The quantitative estimate of drug-likeness (QED) is 0.421. The van der Waals surface area contributed by atoms with E-state index in [0.717, 1.165) is 6.26 Å². The van der Waals surface area contributed by atoms with Gasteiger partial charge in [0.15, 0.2) is 0 Å². The van der Waals surface area contributed by atoms with Crippen LogP contribution in [0.15, 0.2) is 12.8 Å². The van der Waals surface area contributed by atoms with Gasteiger partial charge in [-0.05, 0) is 47.8 Å². The van der Waals surface area contributed by atoms with E-state index in [9.17, 15) is 4.79 Å². The molecule has 2 nitrogen and oxygen atoms in total. The molecule has 0 saturated heterocycles. The van der Waals surface area contributed by atoms with Crippen molar-refractivity contribution in [2.24, 2.45) is 0 Å². The molecule has 0 spiro atoms. The van der Waals surface area contributed by atoms with Crippen LogP contribution < -0.4 is 0 Å². The highest BCUT2D eigenvalue weighted by Crippen LogP contribution is 2.34. The summed E-state index contributed by atoms with van der Waals surface area (Å²) in [5.74, 6) is -0.502. The van der Waals surface area contributed by atoms with E-state index in [1.165, 1.54) is 0 Å². The summed E-state index contributed by atoms with van der Waals surface area (Å²) in [7, 11) is 0. The van der Waals surface area contributed by atoms with Gasteiger partial charge in [0.25, 0.3) is 0 Å². The minimum Gasteiger partial charge on any atom is -0.433 e. The van der Waals surface area contributed by atoms with Crippen molar-refractivity contribution in [2.75, 3.05) is 0 Å². The zero-order valence-corrected chi connectivity index (χ0v) is 8.99. The third kappa shape index (κ3) is 4.11. The van der Waals surface area contributed by atoms with E-state index in [2.05, 4.69) is 59.1 Å².